The first kappa shape index (κ1) is 32.0. The number of ether oxygens (including phenoxy) is 5. The maximum atomic E-state index is 13.3. The number of aromatic nitrogens is 1. The van der Waals surface area contributed by atoms with Crippen LogP contribution in [0.1, 0.15) is 35.7 Å². The van der Waals surface area contributed by atoms with Gasteiger partial charge in [-0.15, -0.1) is 0 Å². The number of nitrogens with zero attached hydrogens (tertiary/aromatic N) is 1. The van der Waals surface area contributed by atoms with Gasteiger partial charge in [0.25, 0.3) is 10.1 Å². The first-order chi connectivity index (χ1) is 22.1. The van der Waals surface area contributed by atoms with Crippen LogP contribution in [0.5, 0.6) is 11.5 Å². The largest absolute Gasteiger partial charge is 0.497 e. The standard InChI is InChI=1S/C33H38N2O10S/c1-41-20-7-8-21-22-11-12-35-17-19-14-27(45-29(36)10-6-18-5-9-26(42-2)28(13-18)46(38,39)40)32(43-3)30(33(37)44-4)23(19)16-25(35)31(22)34-24(21)15-20/h5-10,13,15,19,23,25,27,30,32,34H,11-12,14,16-17H2,1-4H3,(H,38,39,40)/b10-6+/t19-,23+,25-,27-,30+,32+/m1/s1. The second-order valence-electron chi connectivity index (χ2n) is 12.0. The Labute approximate surface area is 267 Å². The van der Waals surface area contributed by atoms with Crippen molar-refractivity contribution in [3.8, 4) is 11.5 Å². The van der Waals surface area contributed by atoms with Gasteiger partial charge < -0.3 is 28.7 Å². The molecule has 2 aliphatic heterocycles. The average Bonchev–Trinajstić information content (AvgIpc) is 3.43. The highest BCUT2D eigenvalue weighted by molar-refractivity contribution is 7.86. The minimum Gasteiger partial charge on any atom is -0.497 e. The molecular weight excluding hydrogens is 616 g/mol. The molecule has 12 nitrogen and oxygen atoms in total. The maximum Gasteiger partial charge on any atom is 0.331 e. The van der Waals surface area contributed by atoms with Crippen LogP contribution in [0.4, 0.5) is 0 Å². The molecule has 6 atom stereocenters. The number of esters is 2. The normalized spacial score (nSPS) is 26.2. The number of aromatic amines is 1. The van der Waals surface area contributed by atoms with E-state index in [1.165, 1.54) is 62.3 Å². The Morgan fingerprint density at radius 3 is 2.54 bits per heavy atom. The van der Waals surface area contributed by atoms with Crippen molar-refractivity contribution in [3.63, 3.8) is 0 Å². The predicted molar refractivity (Wildman–Crippen MR) is 167 cm³/mol. The molecule has 3 aromatic rings. The Bertz CT molecular complexity index is 1780. The molecule has 2 aromatic carbocycles. The van der Waals surface area contributed by atoms with E-state index in [1.54, 1.807) is 13.2 Å². The number of methoxy groups -OCH3 is 4. The highest BCUT2D eigenvalue weighted by Gasteiger charge is 2.54. The zero-order valence-electron chi connectivity index (χ0n) is 26.1. The SMILES string of the molecule is COC(=O)[C@H]1[C@H]2C[C@@H]3c4[nH]c5cc(OC)ccc5c4CCN3C[C@H]2C[C@@H](OC(=O)/C=C/c2ccc(OC)c(S(=O)(=O)O)c2)[C@@H]1OC. The Hall–Kier alpha value is -3.91. The van der Waals surface area contributed by atoms with Gasteiger partial charge in [-0.3, -0.25) is 14.2 Å². The number of carbonyl (C=O) groups excluding carboxylic acids is 2. The van der Waals surface area contributed by atoms with E-state index < -0.39 is 45.1 Å². The third-order valence-corrected chi connectivity index (χ3v) is 10.6. The molecule has 1 aliphatic carbocycles. The number of carbonyl (C=O) groups is 2. The van der Waals surface area contributed by atoms with Crippen LogP contribution >= 0.6 is 0 Å². The Balaban J connectivity index is 1.23. The van der Waals surface area contributed by atoms with Crippen LogP contribution in [0.2, 0.25) is 0 Å². The summed E-state index contributed by atoms with van der Waals surface area (Å²) in [6, 6.07) is 10.3. The molecule has 3 aliphatic rings. The van der Waals surface area contributed by atoms with Crippen LogP contribution in [-0.2, 0) is 40.3 Å². The van der Waals surface area contributed by atoms with Gasteiger partial charge in [0.15, 0.2) is 0 Å². The fraction of sp³-hybridized carbons (Fsp3) is 0.455. The van der Waals surface area contributed by atoms with E-state index in [9.17, 15) is 22.6 Å². The molecule has 0 radical (unpaired) electrons. The van der Waals surface area contributed by atoms with E-state index >= 15 is 0 Å². The smallest absolute Gasteiger partial charge is 0.331 e. The minimum absolute atomic E-state index is 0.0276. The summed E-state index contributed by atoms with van der Waals surface area (Å²) >= 11 is 0. The zero-order chi connectivity index (χ0) is 32.7. The van der Waals surface area contributed by atoms with Crippen LogP contribution in [0, 0.1) is 17.8 Å². The Morgan fingerprint density at radius 2 is 1.85 bits per heavy atom. The molecule has 0 spiro atoms. The number of H-pyrrole nitrogens is 1. The van der Waals surface area contributed by atoms with E-state index in [-0.39, 0.29) is 23.6 Å². The van der Waals surface area contributed by atoms with Crippen LogP contribution in [0.15, 0.2) is 47.4 Å². The van der Waals surface area contributed by atoms with Gasteiger partial charge in [-0.1, -0.05) is 6.07 Å². The lowest BCUT2D eigenvalue weighted by atomic mass is 9.63. The number of nitrogens with one attached hydrogen (secondary N) is 1. The molecular formula is C33H38N2O10S. The van der Waals surface area contributed by atoms with Crippen molar-refractivity contribution in [3.05, 3.63) is 59.3 Å². The molecule has 6 rings (SSSR count). The Morgan fingerprint density at radius 1 is 1.04 bits per heavy atom. The Kier molecular flexibility index (Phi) is 8.85. The van der Waals surface area contributed by atoms with Crippen LogP contribution in [0.3, 0.4) is 0 Å². The van der Waals surface area contributed by atoms with Crippen molar-refractivity contribution < 1.29 is 46.2 Å². The summed E-state index contributed by atoms with van der Waals surface area (Å²) in [5, 5.41) is 1.18. The monoisotopic (exact) mass is 654 g/mol. The van der Waals surface area contributed by atoms with Gasteiger partial charge in [-0.25, -0.2) is 4.79 Å². The highest BCUT2D eigenvalue weighted by atomic mass is 32.2. The van der Waals surface area contributed by atoms with E-state index in [0.29, 0.717) is 12.0 Å². The van der Waals surface area contributed by atoms with Crippen molar-refractivity contribution >= 4 is 39.0 Å². The van der Waals surface area contributed by atoms with Crippen molar-refractivity contribution in [2.75, 3.05) is 41.5 Å². The molecule has 3 heterocycles. The van der Waals surface area contributed by atoms with E-state index in [0.717, 1.165) is 37.2 Å². The fourth-order valence-electron chi connectivity index (χ4n) is 7.71. The van der Waals surface area contributed by atoms with E-state index in [4.69, 9.17) is 23.7 Å². The van der Waals surface area contributed by atoms with E-state index in [2.05, 4.69) is 16.0 Å². The summed E-state index contributed by atoms with van der Waals surface area (Å²) < 4.78 is 60.6. The molecule has 0 amide bonds. The maximum absolute atomic E-state index is 13.3. The summed E-state index contributed by atoms with van der Waals surface area (Å²) in [6.07, 6.45) is 3.24. The fourth-order valence-corrected chi connectivity index (χ4v) is 8.40. The quantitative estimate of drug-likeness (QED) is 0.207. The topological polar surface area (TPSA) is 154 Å². The lowest BCUT2D eigenvalue weighted by molar-refractivity contribution is -0.187. The molecule has 0 unspecified atom stereocenters. The molecule has 2 fully saturated rings. The second kappa shape index (κ2) is 12.7. The first-order valence-corrected chi connectivity index (χ1v) is 16.6. The molecule has 46 heavy (non-hydrogen) atoms. The van der Waals surface area contributed by atoms with Gasteiger partial charge in [0.2, 0.25) is 0 Å². The summed E-state index contributed by atoms with van der Waals surface area (Å²) in [4.78, 5) is 32.1. The number of hydrogen-bond donors (Lipinski definition) is 2. The van der Waals surface area contributed by atoms with Gasteiger partial charge >= 0.3 is 11.9 Å². The minimum atomic E-state index is -4.55. The number of rotatable bonds is 8. The van der Waals surface area contributed by atoms with Crippen LogP contribution in [-0.4, -0.2) is 88.5 Å². The molecule has 2 N–H and O–H groups in total. The summed E-state index contributed by atoms with van der Waals surface area (Å²) in [6.45, 7) is 1.60. The van der Waals surface area contributed by atoms with Crippen molar-refractivity contribution in [1.82, 2.24) is 9.88 Å². The van der Waals surface area contributed by atoms with Gasteiger partial charge in [0.05, 0.1) is 33.3 Å². The number of benzene rings is 2. The lowest BCUT2D eigenvalue weighted by Crippen LogP contribution is -2.58. The molecule has 246 valence electrons. The van der Waals surface area contributed by atoms with Gasteiger partial charge in [-0.05, 0) is 72.6 Å². The van der Waals surface area contributed by atoms with Gasteiger partial charge in [0.1, 0.15) is 28.6 Å². The second-order valence-corrected chi connectivity index (χ2v) is 13.4. The first-order valence-electron chi connectivity index (χ1n) is 15.1. The lowest BCUT2D eigenvalue weighted by Gasteiger charge is -2.52. The molecule has 1 saturated carbocycles. The summed E-state index contributed by atoms with van der Waals surface area (Å²) in [7, 11) is 1.25. The summed E-state index contributed by atoms with van der Waals surface area (Å²) in [5.41, 5.74) is 3.83. The van der Waals surface area contributed by atoms with Crippen molar-refractivity contribution in [1.29, 1.82) is 0 Å². The van der Waals surface area contributed by atoms with Crippen molar-refractivity contribution in [2.24, 2.45) is 17.8 Å². The zero-order valence-corrected chi connectivity index (χ0v) is 26.9. The molecule has 13 heteroatoms. The van der Waals surface area contributed by atoms with E-state index in [1.807, 2.05) is 12.1 Å². The number of hydrogen-bond acceptors (Lipinski definition) is 10. The predicted octanol–water partition coefficient (Wildman–Crippen LogP) is 3.80. The van der Waals surface area contributed by atoms with Crippen LogP contribution < -0.4 is 9.47 Å². The van der Waals surface area contributed by atoms with Crippen LogP contribution in [0.25, 0.3) is 17.0 Å². The van der Waals surface area contributed by atoms with Gasteiger partial charge in [-0.2, -0.15) is 8.42 Å². The molecule has 0 bridgehead atoms. The highest BCUT2D eigenvalue weighted by Crippen LogP contribution is 2.50. The molecule has 1 saturated heterocycles. The third-order valence-electron chi connectivity index (χ3n) is 9.75. The third kappa shape index (κ3) is 5.88. The summed E-state index contributed by atoms with van der Waals surface area (Å²) in [5.74, 6) is -0.975. The molecule has 1 aromatic heterocycles. The van der Waals surface area contributed by atoms with Gasteiger partial charge in [0, 0.05) is 48.9 Å². The van der Waals surface area contributed by atoms with Crippen molar-refractivity contribution in [2.45, 2.75) is 42.4 Å². The number of fused-ring (bicyclic) bond motifs is 6. The number of piperidine rings is 1. The average molecular weight is 655 g/mol.